The van der Waals surface area contributed by atoms with Gasteiger partial charge in [0.15, 0.2) is 5.65 Å². The number of nitrogens with zero attached hydrogens (tertiary/aromatic N) is 4. The lowest BCUT2D eigenvalue weighted by Crippen LogP contribution is -2.26. The number of phenols is 1. The van der Waals surface area contributed by atoms with Crippen molar-refractivity contribution >= 4 is 40.1 Å². The molecule has 170 valence electrons. The molecule has 0 saturated carbocycles. The van der Waals surface area contributed by atoms with Crippen LogP contribution in [0.3, 0.4) is 0 Å². The fourth-order valence-corrected chi connectivity index (χ4v) is 3.40. The number of amides is 1. The Morgan fingerprint density at radius 3 is 2.70 bits per heavy atom. The molecule has 0 aliphatic heterocycles. The van der Waals surface area contributed by atoms with Gasteiger partial charge in [0, 0.05) is 13.2 Å². The maximum absolute atomic E-state index is 13.0. The molecule has 0 atom stereocenters. The van der Waals surface area contributed by atoms with Crippen molar-refractivity contribution < 1.29 is 14.6 Å². The average Bonchev–Trinajstić information content (AvgIpc) is 3.05. The molecule has 0 radical (unpaired) electrons. The normalized spacial score (nSPS) is 11.7. The number of fused-ring (bicyclic) bond motifs is 2. The lowest BCUT2D eigenvalue weighted by atomic mass is 10.2. The number of nitrogens with two attached hydrogens (primary N) is 1. The van der Waals surface area contributed by atoms with E-state index in [9.17, 15) is 9.90 Å². The zero-order valence-electron chi connectivity index (χ0n) is 18.5. The first-order chi connectivity index (χ1) is 15.9. The van der Waals surface area contributed by atoms with Gasteiger partial charge >= 0.3 is 0 Å². The Morgan fingerprint density at radius 2 is 1.97 bits per heavy atom. The minimum absolute atomic E-state index is 0.122. The molecule has 0 spiro atoms. The lowest BCUT2D eigenvalue weighted by Gasteiger charge is -2.08. The molecule has 2 heterocycles. The molecule has 2 aromatic heterocycles. The van der Waals surface area contributed by atoms with E-state index in [2.05, 4.69) is 20.4 Å². The number of rotatable bonds is 8. The molecule has 0 aliphatic rings. The summed E-state index contributed by atoms with van der Waals surface area (Å²) in [5, 5.41) is 17.0. The van der Waals surface area contributed by atoms with Gasteiger partial charge in [0.05, 0.1) is 23.4 Å². The number of para-hydroxylation sites is 2. The number of carbonyl (C=O) groups excluding carboxylic acids is 1. The number of aromatic hydroxyl groups is 1. The van der Waals surface area contributed by atoms with Crippen molar-refractivity contribution in [3.8, 4) is 5.75 Å². The van der Waals surface area contributed by atoms with Gasteiger partial charge in [-0.05, 0) is 50.1 Å². The number of carbonyl (C=O) groups is 1. The van der Waals surface area contributed by atoms with Crippen molar-refractivity contribution in [2.75, 3.05) is 18.9 Å². The molecule has 1 amide bonds. The summed E-state index contributed by atoms with van der Waals surface area (Å²) in [5.41, 5.74) is 9.32. The highest BCUT2D eigenvalue weighted by Crippen LogP contribution is 2.27. The molecule has 33 heavy (non-hydrogen) atoms. The predicted molar refractivity (Wildman–Crippen MR) is 129 cm³/mol. The van der Waals surface area contributed by atoms with Crippen molar-refractivity contribution in [3.05, 3.63) is 59.7 Å². The van der Waals surface area contributed by atoms with Crippen LogP contribution in [0.25, 0.3) is 22.2 Å². The fraction of sp³-hybridized carbons (Fsp3) is 0.250. The minimum atomic E-state index is -0.349. The van der Waals surface area contributed by atoms with Gasteiger partial charge in [-0.2, -0.15) is 9.78 Å². The van der Waals surface area contributed by atoms with Gasteiger partial charge in [0.25, 0.3) is 5.91 Å². The van der Waals surface area contributed by atoms with Crippen molar-refractivity contribution in [2.45, 2.75) is 26.4 Å². The standard InChI is InChI=1S/C24H26N6O3/c1-15(2)33-12-6-11-26-24(32)20-21-23(29-19-10-4-3-9-18(19)28-21)30(22(20)25)27-14-16-7-5-8-17(31)13-16/h3-5,7-10,13-15,31H,6,11-12,25H2,1-2H3,(H,26,32)/b27-14-. The third-order valence-electron chi connectivity index (χ3n) is 4.95. The van der Waals surface area contributed by atoms with Crippen molar-refractivity contribution in [3.63, 3.8) is 0 Å². The Kier molecular flexibility index (Phi) is 6.50. The molecule has 9 heteroatoms. The number of nitrogens with one attached hydrogen (secondary N) is 1. The second-order valence-electron chi connectivity index (χ2n) is 7.83. The van der Waals surface area contributed by atoms with E-state index in [0.717, 1.165) is 0 Å². The molecule has 0 bridgehead atoms. The maximum Gasteiger partial charge on any atom is 0.257 e. The number of hydrogen-bond donors (Lipinski definition) is 3. The highest BCUT2D eigenvalue weighted by molar-refractivity contribution is 6.10. The monoisotopic (exact) mass is 446 g/mol. The van der Waals surface area contributed by atoms with Crippen molar-refractivity contribution in [1.82, 2.24) is 20.0 Å². The number of phenolic OH excluding ortho intramolecular Hbond substituents is 1. The van der Waals surface area contributed by atoms with Crippen LogP contribution in [0.5, 0.6) is 5.75 Å². The third kappa shape index (κ3) is 4.93. The van der Waals surface area contributed by atoms with Crippen molar-refractivity contribution in [2.24, 2.45) is 5.10 Å². The number of ether oxygens (including phenoxy) is 1. The number of anilines is 1. The van der Waals surface area contributed by atoms with E-state index in [1.54, 1.807) is 24.3 Å². The molecule has 4 rings (SSSR count). The van der Waals surface area contributed by atoms with Gasteiger partial charge in [-0.3, -0.25) is 4.79 Å². The largest absolute Gasteiger partial charge is 0.508 e. The maximum atomic E-state index is 13.0. The van der Waals surface area contributed by atoms with Crippen LogP contribution in [-0.2, 0) is 4.74 Å². The van der Waals surface area contributed by atoms with Crippen LogP contribution in [0.15, 0.2) is 53.6 Å². The van der Waals surface area contributed by atoms with Crippen LogP contribution in [0, 0.1) is 0 Å². The molecule has 4 N–H and O–H groups in total. The van der Waals surface area contributed by atoms with Gasteiger partial charge in [0.2, 0.25) is 0 Å². The van der Waals surface area contributed by atoms with Gasteiger partial charge in [0.1, 0.15) is 22.6 Å². The summed E-state index contributed by atoms with van der Waals surface area (Å²) < 4.78 is 6.92. The topological polar surface area (TPSA) is 128 Å². The summed E-state index contributed by atoms with van der Waals surface area (Å²) in [6, 6.07) is 14.0. The first kappa shape index (κ1) is 22.2. The molecule has 0 unspecified atom stereocenters. The van der Waals surface area contributed by atoms with Gasteiger partial charge in [-0.25, -0.2) is 9.97 Å². The highest BCUT2D eigenvalue weighted by Gasteiger charge is 2.23. The SMILES string of the molecule is CC(C)OCCCNC(=O)c1c(N)n(/N=C\c2cccc(O)c2)c2nc3ccccc3nc12. The van der Waals surface area contributed by atoms with E-state index < -0.39 is 0 Å². The van der Waals surface area contributed by atoms with Crippen LogP contribution in [-0.4, -0.2) is 51.1 Å². The van der Waals surface area contributed by atoms with Crippen LogP contribution < -0.4 is 11.1 Å². The summed E-state index contributed by atoms with van der Waals surface area (Å²) in [6.45, 7) is 4.92. The fourth-order valence-electron chi connectivity index (χ4n) is 3.40. The quantitative estimate of drug-likeness (QED) is 0.281. The van der Waals surface area contributed by atoms with E-state index in [1.165, 1.54) is 10.9 Å². The van der Waals surface area contributed by atoms with Crippen molar-refractivity contribution in [1.29, 1.82) is 0 Å². The van der Waals surface area contributed by atoms with Crippen LogP contribution in [0.4, 0.5) is 5.82 Å². The molecule has 0 fully saturated rings. The van der Waals surface area contributed by atoms with E-state index in [0.29, 0.717) is 47.3 Å². The Morgan fingerprint density at radius 1 is 1.21 bits per heavy atom. The van der Waals surface area contributed by atoms with E-state index in [-0.39, 0.29) is 29.1 Å². The number of hydrogen-bond acceptors (Lipinski definition) is 7. The molecule has 4 aromatic rings. The number of nitrogen functional groups attached to an aromatic ring is 1. The first-order valence-electron chi connectivity index (χ1n) is 10.7. The summed E-state index contributed by atoms with van der Waals surface area (Å²) in [7, 11) is 0. The molecule has 9 nitrogen and oxygen atoms in total. The Hall–Kier alpha value is -3.98. The van der Waals surface area contributed by atoms with E-state index >= 15 is 0 Å². The molecule has 2 aromatic carbocycles. The number of aromatic nitrogens is 3. The second kappa shape index (κ2) is 9.66. The minimum Gasteiger partial charge on any atom is -0.508 e. The summed E-state index contributed by atoms with van der Waals surface area (Å²) in [4.78, 5) is 22.4. The average molecular weight is 447 g/mol. The molecular formula is C24H26N6O3. The van der Waals surface area contributed by atoms with Gasteiger partial charge in [-0.15, -0.1) is 0 Å². The van der Waals surface area contributed by atoms with Gasteiger partial charge in [-0.1, -0.05) is 24.3 Å². The summed E-state index contributed by atoms with van der Waals surface area (Å²) >= 11 is 0. The van der Waals surface area contributed by atoms with E-state index in [1.807, 2.05) is 38.1 Å². The van der Waals surface area contributed by atoms with E-state index in [4.69, 9.17) is 10.5 Å². The van der Waals surface area contributed by atoms with Crippen LogP contribution in [0.1, 0.15) is 36.2 Å². The Bertz CT molecular complexity index is 1330. The molecular weight excluding hydrogens is 420 g/mol. The zero-order chi connectivity index (χ0) is 23.4. The first-order valence-corrected chi connectivity index (χ1v) is 10.7. The third-order valence-corrected chi connectivity index (χ3v) is 4.95. The highest BCUT2D eigenvalue weighted by atomic mass is 16.5. The summed E-state index contributed by atoms with van der Waals surface area (Å²) in [6.07, 6.45) is 2.35. The smallest absolute Gasteiger partial charge is 0.257 e. The van der Waals surface area contributed by atoms with Gasteiger partial charge < -0.3 is 20.9 Å². The predicted octanol–water partition coefficient (Wildman–Crippen LogP) is 3.30. The lowest BCUT2D eigenvalue weighted by molar-refractivity contribution is 0.0757. The number of benzene rings is 2. The van der Waals surface area contributed by atoms with Crippen LogP contribution in [0.2, 0.25) is 0 Å². The van der Waals surface area contributed by atoms with Crippen LogP contribution >= 0.6 is 0 Å². The summed E-state index contributed by atoms with van der Waals surface area (Å²) in [5.74, 6) is -0.0952. The second-order valence-corrected chi connectivity index (χ2v) is 7.83. The molecule has 0 aliphatic carbocycles. The Labute approximate surface area is 190 Å². The zero-order valence-corrected chi connectivity index (χ0v) is 18.5. The Balaban J connectivity index is 1.72. The molecule has 0 saturated heterocycles.